The van der Waals surface area contributed by atoms with Gasteiger partial charge >= 0.3 is 0 Å². The second-order valence-corrected chi connectivity index (χ2v) is 8.28. The van der Waals surface area contributed by atoms with Crippen LogP contribution < -0.4 is 0 Å². The van der Waals surface area contributed by atoms with Gasteiger partial charge in [-0.05, 0) is 45.1 Å². The highest BCUT2D eigenvalue weighted by Gasteiger charge is 2.43. The van der Waals surface area contributed by atoms with E-state index in [2.05, 4.69) is 16.8 Å². The van der Waals surface area contributed by atoms with Crippen LogP contribution in [0.3, 0.4) is 0 Å². The first-order valence-electron chi connectivity index (χ1n) is 10.2. The fraction of sp³-hybridized carbons (Fsp3) is 0.947. The number of likely N-dealkylation sites (tertiary alicyclic amines) is 1. The SMILES string of the molecule is CN1CCN(C(=O)[C@H]2CC[C@@H]3[C@@H](CCN3CC3CCOCC3)O2)CC1. The molecule has 0 aromatic carbocycles. The van der Waals surface area contributed by atoms with Gasteiger partial charge in [0.05, 0.1) is 6.10 Å². The van der Waals surface area contributed by atoms with Crippen LogP contribution in [0.5, 0.6) is 0 Å². The lowest BCUT2D eigenvalue weighted by molar-refractivity contribution is -0.156. The average Bonchev–Trinajstić information content (AvgIpc) is 3.05. The van der Waals surface area contributed by atoms with Gasteiger partial charge in [-0.15, -0.1) is 0 Å². The molecule has 4 aliphatic heterocycles. The summed E-state index contributed by atoms with van der Waals surface area (Å²) in [4.78, 5) is 19.7. The Balaban J connectivity index is 1.28. The molecule has 6 nitrogen and oxygen atoms in total. The summed E-state index contributed by atoms with van der Waals surface area (Å²) in [7, 11) is 2.12. The zero-order chi connectivity index (χ0) is 17.2. The molecule has 6 heteroatoms. The maximum atomic E-state index is 12.8. The van der Waals surface area contributed by atoms with Gasteiger partial charge < -0.3 is 19.3 Å². The predicted octanol–water partition coefficient (Wildman–Crippen LogP) is 0.809. The summed E-state index contributed by atoms with van der Waals surface area (Å²) in [5.74, 6) is 1.01. The molecule has 0 unspecified atom stereocenters. The Labute approximate surface area is 151 Å². The molecule has 4 fully saturated rings. The number of amides is 1. The van der Waals surface area contributed by atoms with E-state index < -0.39 is 0 Å². The molecule has 0 aromatic heterocycles. The van der Waals surface area contributed by atoms with Crippen molar-refractivity contribution in [3.63, 3.8) is 0 Å². The minimum atomic E-state index is -0.201. The smallest absolute Gasteiger partial charge is 0.251 e. The van der Waals surface area contributed by atoms with Gasteiger partial charge in [-0.3, -0.25) is 9.69 Å². The molecule has 142 valence electrons. The molecule has 0 radical (unpaired) electrons. The lowest BCUT2D eigenvalue weighted by Crippen LogP contribution is -2.53. The van der Waals surface area contributed by atoms with E-state index in [9.17, 15) is 4.79 Å². The highest BCUT2D eigenvalue weighted by Crippen LogP contribution is 2.33. The lowest BCUT2D eigenvalue weighted by Gasteiger charge is -2.40. The minimum absolute atomic E-state index is 0.201. The molecule has 3 atom stereocenters. The van der Waals surface area contributed by atoms with Crippen molar-refractivity contribution in [1.29, 1.82) is 0 Å². The largest absolute Gasteiger partial charge is 0.381 e. The van der Waals surface area contributed by atoms with Crippen molar-refractivity contribution in [3.05, 3.63) is 0 Å². The lowest BCUT2D eigenvalue weighted by atomic mass is 9.96. The van der Waals surface area contributed by atoms with Gasteiger partial charge in [0.2, 0.25) is 0 Å². The van der Waals surface area contributed by atoms with Gasteiger partial charge in [-0.2, -0.15) is 0 Å². The number of nitrogens with zero attached hydrogens (tertiary/aromatic N) is 3. The van der Waals surface area contributed by atoms with Crippen molar-refractivity contribution in [1.82, 2.24) is 14.7 Å². The normalized spacial score (nSPS) is 35.7. The maximum Gasteiger partial charge on any atom is 0.251 e. The van der Waals surface area contributed by atoms with Crippen LogP contribution in [0.4, 0.5) is 0 Å². The molecule has 0 saturated carbocycles. The van der Waals surface area contributed by atoms with Gasteiger partial charge in [0, 0.05) is 58.5 Å². The van der Waals surface area contributed by atoms with E-state index in [1.165, 1.54) is 19.4 Å². The minimum Gasteiger partial charge on any atom is -0.381 e. The molecular weight excluding hydrogens is 318 g/mol. The van der Waals surface area contributed by atoms with Crippen LogP contribution in [0.15, 0.2) is 0 Å². The second kappa shape index (κ2) is 7.91. The van der Waals surface area contributed by atoms with Crippen LogP contribution in [-0.2, 0) is 14.3 Å². The van der Waals surface area contributed by atoms with E-state index >= 15 is 0 Å². The van der Waals surface area contributed by atoms with Gasteiger partial charge in [0.1, 0.15) is 6.10 Å². The summed E-state index contributed by atoms with van der Waals surface area (Å²) in [5.41, 5.74) is 0. The summed E-state index contributed by atoms with van der Waals surface area (Å²) in [6.45, 7) is 7.80. The van der Waals surface area contributed by atoms with Crippen molar-refractivity contribution in [2.24, 2.45) is 5.92 Å². The number of likely N-dealkylation sites (N-methyl/N-ethyl adjacent to an activating group) is 1. The van der Waals surface area contributed by atoms with Crippen molar-refractivity contribution < 1.29 is 14.3 Å². The number of ether oxygens (including phenoxy) is 2. The van der Waals surface area contributed by atoms with Crippen LogP contribution in [0.25, 0.3) is 0 Å². The first-order chi connectivity index (χ1) is 12.2. The van der Waals surface area contributed by atoms with Crippen molar-refractivity contribution in [2.75, 3.05) is 59.5 Å². The Bertz CT molecular complexity index is 461. The molecule has 0 N–H and O–H groups in total. The average molecular weight is 351 g/mol. The first kappa shape index (κ1) is 17.7. The van der Waals surface area contributed by atoms with E-state index in [0.29, 0.717) is 6.04 Å². The Morgan fingerprint density at radius 2 is 1.72 bits per heavy atom. The Kier molecular flexibility index (Phi) is 5.60. The highest BCUT2D eigenvalue weighted by molar-refractivity contribution is 5.81. The topological polar surface area (TPSA) is 45.2 Å². The van der Waals surface area contributed by atoms with Crippen molar-refractivity contribution in [2.45, 2.75) is 50.4 Å². The number of carbonyl (C=O) groups is 1. The molecule has 0 spiro atoms. The molecule has 0 aliphatic carbocycles. The number of hydrogen-bond acceptors (Lipinski definition) is 5. The molecule has 4 saturated heterocycles. The van der Waals surface area contributed by atoms with E-state index in [1.807, 2.05) is 4.90 Å². The Morgan fingerprint density at radius 1 is 0.960 bits per heavy atom. The Morgan fingerprint density at radius 3 is 2.48 bits per heavy atom. The van der Waals surface area contributed by atoms with Gasteiger partial charge in [-0.25, -0.2) is 0 Å². The zero-order valence-corrected chi connectivity index (χ0v) is 15.6. The quantitative estimate of drug-likeness (QED) is 0.753. The molecule has 0 bridgehead atoms. The molecule has 4 rings (SSSR count). The summed E-state index contributed by atoms with van der Waals surface area (Å²) in [5, 5.41) is 0. The molecule has 4 aliphatic rings. The van der Waals surface area contributed by atoms with Gasteiger partial charge in [-0.1, -0.05) is 0 Å². The van der Waals surface area contributed by atoms with E-state index in [0.717, 1.165) is 71.1 Å². The van der Waals surface area contributed by atoms with E-state index in [1.54, 1.807) is 0 Å². The van der Waals surface area contributed by atoms with Crippen molar-refractivity contribution >= 4 is 5.91 Å². The Hall–Kier alpha value is -0.690. The van der Waals surface area contributed by atoms with Gasteiger partial charge in [0.25, 0.3) is 5.91 Å². The number of carbonyl (C=O) groups excluding carboxylic acids is 1. The third-order valence-electron chi connectivity index (χ3n) is 6.59. The zero-order valence-electron chi connectivity index (χ0n) is 15.6. The second-order valence-electron chi connectivity index (χ2n) is 8.28. The number of piperazine rings is 1. The summed E-state index contributed by atoms with van der Waals surface area (Å²) >= 11 is 0. The molecule has 1 amide bonds. The monoisotopic (exact) mass is 351 g/mol. The molecule has 25 heavy (non-hydrogen) atoms. The third-order valence-corrected chi connectivity index (χ3v) is 6.59. The molecule has 4 heterocycles. The summed E-state index contributed by atoms with van der Waals surface area (Å²) in [6, 6.07) is 0.527. The fourth-order valence-electron chi connectivity index (χ4n) is 4.91. The van der Waals surface area contributed by atoms with Crippen LogP contribution >= 0.6 is 0 Å². The highest BCUT2D eigenvalue weighted by atomic mass is 16.5. The van der Waals surface area contributed by atoms with Crippen LogP contribution in [0.1, 0.15) is 32.1 Å². The maximum absolute atomic E-state index is 12.8. The van der Waals surface area contributed by atoms with Crippen LogP contribution in [0, 0.1) is 5.92 Å². The number of hydrogen-bond donors (Lipinski definition) is 0. The van der Waals surface area contributed by atoms with Crippen molar-refractivity contribution in [3.8, 4) is 0 Å². The third kappa shape index (κ3) is 4.02. The summed E-state index contributed by atoms with van der Waals surface area (Å²) < 4.78 is 11.8. The standard InChI is InChI=1S/C19H33N3O3/c1-20-8-10-21(11-9-20)19(23)18-3-2-16-17(25-18)4-7-22(16)14-15-5-12-24-13-6-15/h15-18H,2-14H2,1H3/t16-,17-,18-/m1/s1. The van der Waals surface area contributed by atoms with Gasteiger partial charge in [0.15, 0.2) is 0 Å². The predicted molar refractivity (Wildman–Crippen MR) is 95.5 cm³/mol. The molecule has 0 aromatic rings. The molecular formula is C19H33N3O3. The van der Waals surface area contributed by atoms with Crippen LogP contribution in [0.2, 0.25) is 0 Å². The van der Waals surface area contributed by atoms with E-state index in [-0.39, 0.29) is 18.1 Å². The summed E-state index contributed by atoms with van der Waals surface area (Å²) in [6.07, 6.45) is 5.52. The number of rotatable bonds is 3. The first-order valence-corrected chi connectivity index (χ1v) is 10.2. The van der Waals surface area contributed by atoms with Crippen LogP contribution in [-0.4, -0.2) is 98.4 Å². The fourth-order valence-corrected chi connectivity index (χ4v) is 4.91. The van der Waals surface area contributed by atoms with E-state index in [4.69, 9.17) is 9.47 Å². The number of fused-ring (bicyclic) bond motifs is 1.